The van der Waals surface area contributed by atoms with Crippen molar-refractivity contribution in [3.8, 4) is 0 Å². The SMILES string of the molecule is CCC(CO)(CO)COCC(CC)(CO)COCC(CC)(CO)COCC(CC)(COCCC[Si](C)(C)O[Si](C)(C)C)COCC(CC)(COCC(CC)(CO)CO)COC(CC)(CO)CO. The highest BCUT2D eigenvalue weighted by Gasteiger charge is 2.40. The van der Waals surface area contributed by atoms with Gasteiger partial charge in [0.25, 0.3) is 0 Å². The normalized spacial score (nSPS) is 17.0. The molecular formula is C49H104O16Si2. The Morgan fingerprint density at radius 2 is 0.612 bits per heavy atom. The lowest BCUT2D eigenvalue weighted by Crippen LogP contribution is -2.47. The number of rotatable bonds is 46. The summed E-state index contributed by atoms with van der Waals surface area (Å²) in [7, 11) is -3.56. The van der Waals surface area contributed by atoms with Crippen LogP contribution in [0.1, 0.15) is 99.8 Å². The molecule has 0 aliphatic rings. The summed E-state index contributed by atoms with van der Waals surface area (Å²) in [6.07, 6.45) is 4.62. The van der Waals surface area contributed by atoms with Crippen molar-refractivity contribution in [1.29, 1.82) is 0 Å². The van der Waals surface area contributed by atoms with Gasteiger partial charge in [-0.1, -0.05) is 48.5 Å². The monoisotopic (exact) mass is 1000 g/mol. The molecule has 4 atom stereocenters. The van der Waals surface area contributed by atoms with Gasteiger partial charge in [0.2, 0.25) is 0 Å². The standard InChI is InChI=1S/C49H104O16Si2/c1-13-43(23-50,24-51)31-59-33-45(15-3,27-54)34-61-35-46(16-4,28-55)36-62-38-47(17-5,37-58-21-20-22-67(11,12)65-66(8,9)10)39-63-41-48(18-6,42-64-49(19-7,29-56)30-57)40-60-32-44(14-2,25-52)26-53/h50-57H,13-42H2,1-12H3. The first-order valence-electron chi connectivity index (χ1n) is 25.2. The topological polar surface area (TPSA) is 236 Å². The number of ether oxygens (including phenoxy) is 7. The van der Waals surface area contributed by atoms with E-state index >= 15 is 0 Å². The van der Waals surface area contributed by atoms with Crippen LogP contribution in [0.5, 0.6) is 0 Å². The van der Waals surface area contributed by atoms with E-state index in [0.29, 0.717) is 58.2 Å². The van der Waals surface area contributed by atoms with E-state index in [9.17, 15) is 40.9 Å². The maximum atomic E-state index is 10.8. The Morgan fingerprint density at radius 1 is 0.328 bits per heavy atom. The van der Waals surface area contributed by atoms with Gasteiger partial charge in [-0.25, -0.2) is 0 Å². The molecule has 0 saturated carbocycles. The first-order valence-corrected chi connectivity index (χ1v) is 31.8. The highest BCUT2D eigenvalue weighted by Crippen LogP contribution is 2.34. The fourth-order valence-electron chi connectivity index (χ4n) is 7.66. The molecule has 0 aromatic rings. The highest BCUT2D eigenvalue weighted by atomic mass is 28.4. The minimum atomic E-state index is -1.87. The van der Waals surface area contributed by atoms with Gasteiger partial charge in [0, 0.05) is 39.1 Å². The van der Waals surface area contributed by atoms with Crippen molar-refractivity contribution in [3.05, 3.63) is 0 Å². The third kappa shape index (κ3) is 23.0. The minimum absolute atomic E-state index is 0.114. The Bertz CT molecular complexity index is 1200. The van der Waals surface area contributed by atoms with Crippen LogP contribution >= 0.6 is 0 Å². The molecule has 0 aromatic heterocycles. The van der Waals surface area contributed by atoms with Crippen molar-refractivity contribution >= 4 is 16.6 Å². The second-order valence-corrected chi connectivity index (χ2v) is 30.9. The van der Waals surface area contributed by atoms with Gasteiger partial charge in [0.1, 0.15) is 5.60 Å². The van der Waals surface area contributed by atoms with Crippen LogP contribution in [0.3, 0.4) is 0 Å². The van der Waals surface area contributed by atoms with Crippen molar-refractivity contribution in [1.82, 2.24) is 0 Å². The zero-order chi connectivity index (χ0) is 51.4. The molecule has 67 heavy (non-hydrogen) atoms. The number of hydrogen-bond acceptors (Lipinski definition) is 16. The molecule has 0 amide bonds. The Labute approximate surface area is 409 Å². The summed E-state index contributed by atoms with van der Waals surface area (Å²) in [5.74, 6) is 0. The molecule has 0 aliphatic heterocycles. The van der Waals surface area contributed by atoms with Crippen LogP contribution in [0.2, 0.25) is 38.8 Å². The van der Waals surface area contributed by atoms with Gasteiger partial charge >= 0.3 is 0 Å². The Balaban J connectivity index is 6.45. The summed E-state index contributed by atoms with van der Waals surface area (Å²) < 4.78 is 51.2. The van der Waals surface area contributed by atoms with Crippen molar-refractivity contribution in [2.45, 2.75) is 144 Å². The molecule has 0 radical (unpaired) electrons. The third-order valence-corrected chi connectivity index (χ3v) is 20.8. The molecule has 16 nitrogen and oxygen atoms in total. The molecule has 0 heterocycles. The van der Waals surface area contributed by atoms with Gasteiger partial charge in [-0.05, 0) is 90.1 Å². The minimum Gasteiger partial charge on any atom is -0.456 e. The van der Waals surface area contributed by atoms with Crippen LogP contribution in [0.15, 0.2) is 0 Å². The fourth-order valence-corrected chi connectivity index (χ4v) is 15.7. The summed E-state index contributed by atoms with van der Waals surface area (Å²) in [6, 6.07) is 0.970. The molecular weight excluding hydrogens is 901 g/mol. The van der Waals surface area contributed by atoms with Crippen LogP contribution in [0.25, 0.3) is 0 Å². The second kappa shape index (κ2) is 32.8. The average molecular weight is 1010 g/mol. The van der Waals surface area contributed by atoms with E-state index in [1.165, 1.54) is 0 Å². The summed E-state index contributed by atoms with van der Waals surface area (Å²) in [4.78, 5) is 0. The molecule has 0 aliphatic carbocycles. The lowest BCUT2D eigenvalue weighted by Gasteiger charge is -2.40. The zero-order valence-electron chi connectivity index (χ0n) is 44.6. The molecule has 0 saturated heterocycles. The van der Waals surface area contributed by atoms with E-state index in [-0.39, 0.29) is 126 Å². The number of aliphatic hydroxyl groups excluding tert-OH is 8. The Morgan fingerprint density at radius 3 is 0.881 bits per heavy atom. The van der Waals surface area contributed by atoms with Crippen molar-refractivity contribution in [2.75, 3.05) is 139 Å². The van der Waals surface area contributed by atoms with Gasteiger partial charge < -0.3 is 78.1 Å². The van der Waals surface area contributed by atoms with Gasteiger partial charge in [0.05, 0.1) is 132 Å². The lowest BCUT2D eigenvalue weighted by atomic mass is 9.85. The van der Waals surface area contributed by atoms with E-state index in [1.807, 2.05) is 41.5 Å². The Hall–Kier alpha value is -0.206. The van der Waals surface area contributed by atoms with Gasteiger partial charge in [-0.2, -0.15) is 0 Å². The summed E-state index contributed by atoms with van der Waals surface area (Å²) in [6.45, 7) is 25.7. The maximum Gasteiger partial charge on any atom is 0.173 e. The van der Waals surface area contributed by atoms with Gasteiger partial charge in [0.15, 0.2) is 16.6 Å². The third-order valence-electron chi connectivity index (χ3n) is 14.6. The van der Waals surface area contributed by atoms with Crippen molar-refractivity contribution in [3.63, 3.8) is 0 Å². The first kappa shape index (κ1) is 66.8. The van der Waals surface area contributed by atoms with Crippen LogP contribution in [0, 0.1) is 32.5 Å². The predicted molar refractivity (Wildman–Crippen MR) is 268 cm³/mol. The molecule has 18 heteroatoms. The average Bonchev–Trinajstić information content (AvgIpc) is 3.32. The van der Waals surface area contributed by atoms with Crippen LogP contribution in [-0.2, 0) is 37.3 Å². The second-order valence-electron chi connectivity index (χ2n) is 21.8. The molecule has 0 spiro atoms. The molecule has 0 aromatic carbocycles. The van der Waals surface area contributed by atoms with E-state index < -0.39 is 54.7 Å². The molecule has 4 unspecified atom stereocenters. The quantitative estimate of drug-likeness (QED) is 0.0296. The highest BCUT2D eigenvalue weighted by molar-refractivity contribution is 6.84. The van der Waals surface area contributed by atoms with Crippen LogP contribution in [-0.4, -0.2) is 202 Å². The first-order chi connectivity index (χ1) is 31.6. The van der Waals surface area contributed by atoms with E-state index in [1.54, 1.807) is 0 Å². The van der Waals surface area contributed by atoms with Gasteiger partial charge in [-0.15, -0.1) is 0 Å². The fraction of sp³-hybridized carbons (Fsp3) is 1.00. The summed E-state index contributed by atoms with van der Waals surface area (Å²) in [5, 5.41) is 81.8. The van der Waals surface area contributed by atoms with Crippen LogP contribution < -0.4 is 0 Å². The van der Waals surface area contributed by atoms with E-state index in [0.717, 1.165) is 12.5 Å². The molecule has 0 bridgehead atoms. The predicted octanol–water partition coefficient (Wildman–Crippen LogP) is 5.01. The Kier molecular flexibility index (Phi) is 32.7. The number of hydrogen-bond donors (Lipinski definition) is 8. The summed E-state index contributed by atoms with van der Waals surface area (Å²) in [5.41, 5.74) is -5.51. The molecule has 8 N–H and O–H groups in total. The molecule has 404 valence electrons. The lowest BCUT2D eigenvalue weighted by molar-refractivity contribution is -0.169. The molecule has 0 fully saturated rings. The van der Waals surface area contributed by atoms with Crippen LogP contribution in [0.4, 0.5) is 0 Å². The summed E-state index contributed by atoms with van der Waals surface area (Å²) >= 11 is 0. The zero-order valence-corrected chi connectivity index (χ0v) is 46.6. The largest absolute Gasteiger partial charge is 0.456 e. The van der Waals surface area contributed by atoms with Gasteiger partial charge in [-0.3, -0.25) is 0 Å². The smallest absolute Gasteiger partial charge is 0.173 e. The number of aliphatic hydroxyl groups is 8. The van der Waals surface area contributed by atoms with E-state index in [4.69, 9.17) is 37.3 Å². The molecule has 0 rings (SSSR count). The van der Waals surface area contributed by atoms with Crippen molar-refractivity contribution in [2.24, 2.45) is 32.5 Å². The van der Waals surface area contributed by atoms with E-state index in [2.05, 4.69) is 39.7 Å². The van der Waals surface area contributed by atoms with Crippen molar-refractivity contribution < 1.29 is 78.1 Å². The maximum absolute atomic E-state index is 10.8.